The van der Waals surface area contributed by atoms with E-state index in [-0.39, 0.29) is 24.0 Å². The van der Waals surface area contributed by atoms with Crippen molar-refractivity contribution in [3.8, 4) is 5.69 Å². The number of anilines is 1. The van der Waals surface area contributed by atoms with E-state index in [0.29, 0.717) is 0 Å². The highest BCUT2D eigenvalue weighted by Crippen LogP contribution is 2.22. The molecule has 0 bridgehead atoms. The molecule has 0 aliphatic carbocycles. The molecule has 1 aliphatic rings. The van der Waals surface area contributed by atoms with Gasteiger partial charge in [0.2, 0.25) is 0 Å². The minimum atomic E-state index is 0. The van der Waals surface area contributed by atoms with Gasteiger partial charge in [0, 0.05) is 52.2 Å². The summed E-state index contributed by atoms with van der Waals surface area (Å²) >= 11 is 1.81. The second-order valence-electron chi connectivity index (χ2n) is 6.42. The van der Waals surface area contributed by atoms with E-state index in [9.17, 15) is 0 Å². The number of imidazole rings is 1. The molecule has 0 saturated carbocycles. The summed E-state index contributed by atoms with van der Waals surface area (Å²) in [6.45, 7) is 4.72. The normalized spacial score (nSPS) is 14.7. The quantitative estimate of drug-likeness (QED) is 0.333. The first-order valence-corrected chi connectivity index (χ1v) is 10.0. The van der Waals surface area contributed by atoms with Gasteiger partial charge >= 0.3 is 0 Å². The average molecular weight is 508 g/mol. The monoisotopic (exact) mass is 508 g/mol. The highest BCUT2D eigenvalue weighted by molar-refractivity contribution is 14.0. The van der Waals surface area contributed by atoms with Gasteiger partial charge < -0.3 is 19.7 Å². The molecule has 0 atom stereocenters. The number of thiophene rings is 1. The number of para-hydroxylation sites is 1. The average Bonchev–Trinajstić information content (AvgIpc) is 3.43. The van der Waals surface area contributed by atoms with Crippen LogP contribution in [0.15, 0.2) is 65.5 Å². The highest BCUT2D eigenvalue weighted by atomic mass is 127. The Hall–Kier alpha value is -2.07. The Morgan fingerprint density at radius 2 is 1.96 bits per heavy atom. The maximum Gasteiger partial charge on any atom is 0.194 e. The van der Waals surface area contributed by atoms with Gasteiger partial charge in [-0.3, -0.25) is 4.99 Å². The van der Waals surface area contributed by atoms with Gasteiger partial charge in [-0.05, 0) is 29.1 Å². The third kappa shape index (κ3) is 4.67. The number of hydrogen-bond acceptors (Lipinski definition) is 4. The van der Waals surface area contributed by atoms with Crippen molar-refractivity contribution in [2.24, 2.45) is 4.99 Å². The number of rotatable bonds is 4. The Labute approximate surface area is 186 Å². The van der Waals surface area contributed by atoms with Crippen LogP contribution in [0.4, 0.5) is 5.00 Å². The summed E-state index contributed by atoms with van der Waals surface area (Å²) in [5.74, 6) is 0.960. The van der Waals surface area contributed by atoms with Crippen molar-refractivity contribution in [1.29, 1.82) is 0 Å². The summed E-state index contributed by atoms with van der Waals surface area (Å²) in [4.78, 5) is 13.4. The van der Waals surface area contributed by atoms with Crippen molar-refractivity contribution in [3.63, 3.8) is 0 Å². The van der Waals surface area contributed by atoms with Gasteiger partial charge in [-0.15, -0.1) is 35.3 Å². The Kier molecular flexibility index (Phi) is 7.32. The number of piperazine rings is 1. The van der Waals surface area contributed by atoms with Crippen LogP contribution >= 0.6 is 35.3 Å². The minimum Gasteiger partial charge on any atom is -0.360 e. The molecule has 6 nitrogen and oxygen atoms in total. The zero-order valence-electron chi connectivity index (χ0n) is 15.9. The fourth-order valence-corrected chi connectivity index (χ4v) is 4.19. The van der Waals surface area contributed by atoms with Crippen LogP contribution in [0.1, 0.15) is 5.56 Å². The number of aliphatic imine (C=N–C) groups is 1. The van der Waals surface area contributed by atoms with Gasteiger partial charge in [0.25, 0.3) is 0 Å². The Bertz CT molecular complexity index is 870. The van der Waals surface area contributed by atoms with Gasteiger partial charge in [0.15, 0.2) is 5.96 Å². The van der Waals surface area contributed by atoms with Crippen LogP contribution in [0.2, 0.25) is 0 Å². The molecule has 28 heavy (non-hydrogen) atoms. The summed E-state index contributed by atoms with van der Waals surface area (Å²) in [5, 5.41) is 7.03. The molecule has 0 radical (unpaired) electrons. The van der Waals surface area contributed by atoms with Gasteiger partial charge in [0.1, 0.15) is 0 Å². The molecule has 1 saturated heterocycles. The van der Waals surface area contributed by atoms with Crippen molar-refractivity contribution in [2.45, 2.75) is 6.54 Å². The van der Waals surface area contributed by atoms with E-state index in [1.807, 2.05) is 24.1 Å². The predicted octanol–water partition coefficient (Wildman–Crippen LogP) is 3.45. The van der Waals surface area contributed by atoms with E-state index in [4.69, 9.17) is 0 Å². The molecule has 0 unspecified atom stereocenters. The molecule has 148 valence electrons. The fraction of sp³-hybridized carbons (Fsp3) is 0.300. The number of hydrogen-bond donors (Lipinski definition) is 1. The van der Waals surface area contributed by atoms with Crippen molar-refractivity contribution in [2.75, 3.05) is 38.1 Å². The van der Waals surface area contributed by atoms with E-state index >= 15 is 0 Å². The van der Waals surface area contributed by atoms with Crippen LogP contribution in [0.3, 0.4) is 0 Å². The van der Waals surface area contributed by atoms with Crippen LogP contribution in [0, 0.1) is 0 Å². The van der Waals surface area contributed by atoms with Crippen LogP contribution in [0.25, 0.3) is 5.69 Å². The second kappa shape index (κ2) is 9.92. The first-order chi connectivity index (χ1) is 13.3. The Morgan fingerprint density at radius 1 is 1.14 bits per heavy atom. The third-order valence-corrected chi connectivity index (χ3v) is 5.75. The van der Waals surface area contributed by atoms with E-state index in [0.717, 1.165) is 44.4 Å². The Balaban J connectivity index is 0.00000225. The summed E-state index contributed by atoms with van der Waals surface area (Å²) < 4.78 is 2.04. The third-order valence-electron chi connectivity index (χ3n) is 4.82. The van der Waals surface area contributed by atoms with Crippen molar-refractivity contribution in [1.82, 2.24) is 19.8 Å². The van der Waals surface area contributed by atoms with Gasteiger partial charge in [-0.25, -0.2) is 4.98 Å². The van der Waals surface area contributed by atoms with Crippen LogP contribution in [-0.2, 0) is 6.54 Å². The lowest BCUT2D eigenvalue weighted by molar-refractivity contribution is 0.373. The smallest absolute Gasteiger partial charge is 0.194 e. The number of benzene rings is 1. The summed E-state index contributed by atoms with van der Waals surface area (Å²) in [5.41, 5.74) is 2.36. The standard InChI is InChI=1S/C20H24N6S.HI/c1-21-20(25-12-10-24(11-13-25)19-7-4-14-27-19)23-15-17-5-2-3-6-18(17)26-9-8-22-16-26;/h2-9,14,16H,10-13,15H2,1H3,(H,21,23);1H. The highest BCUT2D eigenvalue weighted by Gasteiger charge is 2.20. The van der Waals surface area contributed by atoms with Gasteiger partial charge in [-0.2, -0.15) is 0 Å². The number of aromatic nitrogens is 2. The molecular weight excluding hydrogens is 483 g/mol. The maximum absolute atomic E-state index is 4.50. The first kappa shape index (κ1) is 20.7. The molecule has 2 aromatic heterocycles. The molecule has 1 aromatic carbocycles. The van der Waals surface area contributed by atoms with E-state index in [1.165, 1.54) is 10.6 Å². The molecule has 1 N–H and O–H groups in total. The Morgan fingerprint density at radius 3 is 2.64 bits per heavy atom. The second-order valence-corrected chi connectivity index (χ2v) is 7.35. The molecule has 3 aromatic rings. The van der Waals surface area contributed by atoms with Crippen LogP contribution in [0.5, 0.6) is 0 Å². The predicted molar refractivity (Wildman–Crippen MR) is 127 cm³/mol. The zero-order chi connectivity index (χ0) is 18.5. The van der Waals surface area contributed by atoms with E-state index in [1.54, 1.807) is 17.5 Å². The van der Waals surface area contributed by atoms with Crippen molar-refractivity contribution >= 4 is 46.3 Å². The number of nitrogens with zero attached hydrogens (tertiary/aromatic N) is 5. The summed E-state index contributed by atoms with van der Waals surface area (Å²) in [6, 6.07) is 12.7. The molecule has 3 heterocycles. The first-order valence-electron chi connectivity index (χ1n) is 9.15. The van der Waals surface area contributed by atoms with Crippen molar-refractivity contribution in [3.05, 3.63) is 66.1 Å². The number of guanidine groups is 1. The SMILES string of the molecule is CN=C(NCc1ccccc1-n1ccnc1)N1CCN(c2cccs2)CC1.I. The minimum absolute atomic E-state index is 0. The summed E-state index contributed by atoms with van der Waals surface area (Å²) in [6.07, 6.45) is 5.60. The lowest BCUT2D eigenvalue weighted by atomic mass is 10.1. The van der Waals surface area contributed by atoms with E-state index < -0.39 is 0 Å². The van der Waals surface area contributed by atoms with Gasteiger partial charge in [-0.1, -0.05) is 18.2 Å². The van der Waals surface area contributed by atoms with Crippen LogP contribution in [-0.4, -0.2) is 53.6 Å². The zero-order valence-corrected chi connectivity index (χ0v) is 19.0. The molecule has 0 amide bonds. The fourth-order valence-electron chi connectivity index (χ4n) is 3.41. The molecule has 8 heteroatoms. The molecular formula is C20H25IN6S. The maximum atomic E-state index is 4.50. The number of nitrogens with one attached hydrogen (secondary N) is 1. The number of halogens is 1. The van der Waals surface area contributed by atoms with Gasteiger partial charge in [0.05, 0.1) is 17.0 Å². The lowest BCUT2D eigenvalue weighted by Crippen LogP contribution is -2.52. The topological polar surface area (TPSA) is 48.7 Å². The lowest BCUT2D eigenvalue weighted by Gasteiger charge is -2.37. The molecule has 1 fully saturated rings. The largest absolute Gasteiger partial charge is 0.360 e. The molecule has 4 rings (SSSR count). The van der Waals surface area contributed by atoms with E-state index in [2.05, 4.69) is 66.9 Å². The molecule has 1 aliphatic heterocycles. The van der Waals surface area contributed by atoms with Crippen LogP contribution < -0.4 is 10.2 Å². The molecule has 0 spiro atoms. The van der Waals surface area contributed by atoms with Crippen molar-refractivity contribution < 1.29 is 0 Å². The summed E-state index contributed by atoms with van der Waals surface area (Å²) in [7, 11) is 1.86.